The summed E-state index contributed by atoms with van der Waals surface area (Å²) >= 11 is 0. The summed E-state index contributed by atoms with van der Waals surface area (Å²) in [4.78, 5) is 27.1. The van der Waals surface area contributed by atoms with E-state index in [9.17, 15) is 9.59 Å². The third-order valence-electron chi connectivity index (χ3n) is 4.20. The third kappa shape index (κ3) is 3.85. The molecule has 1 aromatic rings. The van der Waals surface area contributed by atoms with Gasteiger partial charge < -0.3 is 10.0 Å². The lowest BCUT2D eigenvalue weighted by atomic mass is 9.98. The molecule has 2 rings (SSSR count). The van der Waals surface area contributed by atoms with Crippen LogP contribution in [-0.4, -0.2) is 52.5 Å². The Kier molecular flexibility index (Phi) is 5.55. The Bertz CT molecular complexity index is 544. The van der Waals surface area contributed by atoms with Gasteiger partial charge in [0.25, 0.3) is 0 Å². The molecular weight excluding hydrogens is 280 g/mol. The van der Waals surface area contributed by atoms with Gasteiger partial charge in [0, 0.05) is 19.6 Å². The molecule has 0 radical (unpaired) electrons. The molecule has 5 nitrogen and oxygen atoms in total. The number of carboxylic acid groups (broad SMARTS) is 1. The van der Waals surface area contributed by atoms with Gasteiger partial charge in [-0.25, -0.2) is 0 Å². The van der Waals surface area contributed by atoms with Crippen molar-refractivity contribution < 1.29 is 14.7 Å². The molecular formula is C17H24N2O3. The van der Waals surface area contributed by atoms with E-state index < -0.39 is 5.97 Å². The number of nitrogens with zero attached hydrogens (tertiary/aromatic N) is 2. The number of fused-ring (bicyclic) bond motifs is 1. The largest absolute Gasteiger partial charge is 0.480 e. The number of benzene rings is 1. The summed E-state index contributed by atoms with van der Waals surface area (Å²) in [5.41, 5.74) is 2.60. The van der Waals surface area contributed by atoms with Gasteiger partial charge in [0.15, 0.2) is 0 Å². The molecule has 0 fully saturated rings. The fourth-order valence-corrected chi connectivity index (χ4v) is 2.97. The molecule has 0 aliphatic carbocycles. The number of hydrogen-bond acceptors (Lipinski definition) is 3. The zero-order valence-corrected chi connectivity index (χ0v) is 13.3. The molecule has 120 valence electrons. The highest BCUT2D eigenvalue weighted by molar-refractivity contribution is 5.85. The molecule has 0 saturated carbocycles. The van der Waals surface area contributed by atoms with E-state index in [1.54, 1.807) is 0 Å². The second-order valence-corrected chi connectivity index (χ2v) is 5.82. The molecule has 0 aromatic heterocycles. The molecule has 1 heterocycles. The van der Waals surface area contributed by atoms with Crippen molar-refractivity contribution in [1.29, 1.82) is 0 Å². The highest BCUT2D eigenvalue weighted by Gasteiger charge is 2.29. The van der Waals surface area contributed by atoms with Crippen LogP contribution in [0.2, 0.25) is 0 Å². The fraction of sp³-hybridized carbons (Fsp3) is 0.529. The first-order chi connectivity index (χ1) is 10.5. The third-order valence-corrected chi connectivity index (χ3v) is 4.20. The fourth-order valence-electron chi connectivity index (χ4n) is 2.97. The van der Waals surface area contributed by atoms with E-state index in [-0.39, 0.29) is 18.5 Å². The zero-order chi connectivity index (χ0) is 16.1. The van der Waals surface area contributed by atoms with Crippen LogP contribution in [0.3, 0.4) is 0 Å². The molecule has 1 unspecified atom stereocenters. The number of rotatable bonds is 6. The number of aliphatic carboxylic acids is 1. The van der Waals surface area contributed by atoms with Crippen LogP contribution in [0, 0.1) is 0 Å². The molecule has 1 atom stereocenters. The molecule has 1 amide bonds. The highest BCUT2D eigenvalue weighted by Crippen LogP contribution is 2.21. The van der Waals surface area contributed by atoms with Crippen LogP contribution in [0.25, 0.3) is 0 Å². The molecule has 5 heteroatoms. The summed E-state index contributed by atoms with van der Waals surface area (Å²) in [7, 11) is 0. The summed E-state index contributed by atoms with van der Waals surface area (Å²) < 4.78 is 0. The highest BCUT2D eigenvalue weighted by atomic mass is 16.4. The summed E-state index contributed by atoms with van der Waals surface area (Å²) in [6.07, 6.45) is 1.69. The van der Waals surface area contributed by atoms with Gasteiger partial charge in [-0.2, -0.15) is 0 Å². The molecule has 0 saturated heterocycles. The topological polar surface area (TPSA) is 60.9 Å². The first-order valence-electron chi connectivity index (χ1n) is 7.84. The lowest BCUT2D eigenvalue weighted by molar-refractivity contribution is -0.146. The smallest absolute Gasteiger partial charge is 0.323 e. The van der Waals surface area contributed by atoms with Gasteiger partial charge >= 0.3 is 5.97 Å². The van der Waals surface area contributed by atoms with Gasteiger partial charge in [0.2, 0.25) is 5.91 Å². The summed E-state index contributed by atoms with van der Waals surface area (Å²) in [5.74, 6) is -1.05. The van der Waals surface area contributed by atoms with E-state index >= 15 is 0 Å². The van der Waals surface area contributed by atoms with Crippen molar-refractivity contribution in [1.82, 2.24) is 9.80 Å². The molecule has 22 heavy (non-hydrogen) atoms. The van der Waals surface area contributed by atoms with E-state index in [0.29, 0.717) is 6.54 Å². The van der Waals surface area contributed by atoms with Crippen molar-refractivity contribution in [3.63, 3.8) is 0 Å². The van der Waals surface area contributed by atoms with E-state index in [1.165, 1.54) is 16.0 Å². The van der Waals surface area contributed by atoms with Crippen LogP contribution >= 0.6 is 0 Å². The Balaban J connectivity index is 2.05. The lowest BCUT2D eigenvalue weighted by Gasteiger charge is -2.35. The molecule has 1 aliphatic rings. The first kappa shape index (κ1) is 16.5. The Labute approximate surface area is 131 Å². The zero-order valence-electron chi connectivity index (χ0n) is 13.3. The summed E-state index contributed by atoms with van der Waals surface area (Å²) in [6, 6.07) is 7.99. The van der Waals surface area contributed by atoms with E-state index in [2.05, 4.69) is 17.0 Å². The van der Waals surface area contributed by atoms with Crippen molar-refractivity contribution in [3.05, 3.63) is 35.4 Å². The van der Waals surface area contributed by atoms with Crippen LogP contribution in [0.4, 0.5) is 0 Å². The Morgan fingerprint density at radius 2 is 2.00 bits per heavy atom. The van der Waals surface area contributed by atoms with E-state index in [4.69, 9.17) is 5.11 Å². The molecule has 0 spiro atoms. The van der Waals surface area contributed by atoms with Gasteiger partial charge in [-0.1, -0.05) is 31.2 Å². The lowest BCUT2D eigenvalue weighted by Crippen LogP contribution is -2.50. The maximum atomic E-state index is 12.6. The number of carbonyl (C=O) groups excluding carboxylic acids is 1. The number of amides is 1. The number of hydrogen-bond donors (Lipinski definition) is 1. The van der Waals surface area contributed by atoms with Crippen molar-refractivity contribution in [2.75, 3.05) is 19.6 Å². The van der Waals surface area contributed by atoms with Gasteiger partial charge in [-0.05, 0) is 30.9 Å². The Morgan fingerprint density at radius 1 is 1.32 bits per heavy atom. The van der Waals surface area contributed by atoms with Gasteiger partial charge in [0.1, 0.15) is 6.54 Å². The van der Waals surface area contributed by atoms with Crippen molar-refractivity contribution in [3.8, 4) is 0 Å². The first-order valence-corrected chi connectivity index (χ1v) is 7.84. The minimum atomic E-state index is -0.960. The van der Waals surface area contributed by atoms with Crippen LogP contribution < -0.4 is 0 Å². The van der Waals surface area contributed by atoms with E-state index in [0.717, 1.165) is 25.9 Å². The van der Waals surface area contributed by atoms with Crippen molar-refractivity contribution in [2.45, 2.75) is 39.3 Å². The maximum Gasteiger partial charge on any atom is 0.323 e. The van der Waals surface area contributed by atoms with Gasteiger partial charge in [-0.15, -0.1) is 0 Å². The second kappa shape index (κ2) is 7.40. The minimum absolute atomic E-state index is 0.0939. The van der Waals surface area contributed by atoms with Crippen molar-refractivity contribution >= 4 is 11.9 Å². The quantitative estimate of drug-likeness (QED) is 0.870. The van der Waals surface area contributed by atoms with Crippen LogP contribution in [0.1, 0.15) is 31.4 Å². The maximum absolute atomic E-state index is 12.6. The van der Waals surface area contributed by atoms with Gasteiger partial charge in [-0.3, -0.25) is 14.5 Å². The van der Waals surface area contributed by atoms with Crippen molar-refractivity contribution in [2.24, 2.45) is 0 Å². The normalized spacial score (nSPS) is 15.9. The standard InChI is InChI=1S/C17H24N2O3/c1-3-9-19(12-16(20)21)17(22)13(2)18-10-8-14-6-4-5-7-15(14)11-18/h4-7,13H,3,8-12H2,1-2H3,(H,20,21). The van der Waals surface area contributed by atoms with Gasteiger partial charge in [0.05, 0.1) is 6.04 Å². The second-order valence-electron chi connectivity index (χ2n) is 5.82. The predicted octanol–water partition coefficient (Wildman–Crippen LogP) is 1.76. The van der Waals surface area contributed by atoms with Crippen LogP contribution in [0.15, 0.2) is 24.3 Å². The van der Waals surface area contributed by atoms with E-state index in [1.807, 2.05) is 26.0 Å². The molecule has 1 aliphatic heterocycles. The molecule has 0 bridgehead atoms. The predicted molar refractivity (Wildman–Crippen MR) is 84.5 cm³/mol. The minimum Gasteiger partial charge on any atom is -0.480 e. The summed E-state index contributed by atoms with van der Waals surface area (Å²) in [6.45, 7) is 5.67. The average molecular weight is 304 g/mol. The average Bonchev–Trinajstić information content (AvgIpc) is 2.52. The van der Waals surface area contributed by atoms with Crippen LogP contribution in [-0.2, 0) is 22.6 Å². The Hall–Kier alpha value is -1.88. The molecule has 1 aromatic carbocycles. The molecule has 1 N–H and O–H groups in total. The SMILES string of the molecule is CCCN(CC(=O)O)C(=O)C(C)N1CCc2ccccc2C1. The summed E-state index contributed by atoms with van der Waals surface area (Å²) in [5, 5.41) is 8.97. The monoisotopic (exact) mass is 304 g/mol. The van der Waals surface area contributed by atoms with Crippen LogP contribution in [0.5, 0.6) is 0 Å². The number of carboxylic acids is 1. The number of carbonyl (C=O) groups is 2. The Morgan fingerprint density at radius 3 is 2.64 bits per heavy atom.